The van der Waals surface area contributed by atoms with Gasteiger partial charge in [-0.2, -0.15) is 0 Å². The lowest BCUT2D eigenvalue weighted by Gasteiger charge is -2.19. The second-order valence-corrected chi connectivity index (χ2v) is 7.19. The Morgan fingerprint density at radius 1 is 1.24 bits per heavy atom. The van der Waals surface area contributed by atoms with Gasteiger partial charge in [-0.25, -0.2) is 13.1 Å². The molecular formula is C13H21Cl2N3O2S. The predicted octanol–water partition coefficient (Wildman–Crippen LogP) is 2.59. The minimum absolute atomic E-state index is 0.0217. The van der Waals surface area contributed by atoms with Crippen molar-refractivity contribution in [2.45, 2.75) is 25.2 Å². The summed E-state index contributed by atoms with van der Waals surface area (Å²) in [4.78, 5) is 2.04. The number of nitrogens with zero attached hydrogens (tertiary/aromatic N) is 1. The normalized spacial score (nSPS) is 12.0. The SMILES string of the molecule is CCCN(CC)CCNS(=O)(=O)c1c(N)cc(Cl)cc1Cl. The molecule has 0 saturated carbocycles. The topological polar surface area (TPSA) is 75.4 Å². The summed E-state index contributed by atoms with van der Waals surface area (Å²) < 4.78 is 27.1. The van der Waals surface area contributed by atoms with Crippen LogP contribution in [0.25, 0.3) is 0 Å². The largest absolute Gasteiger partial charge is 0.398 e. The van der Waals surface area contributed by atoms with Crippen molar-refractivity contribution < 1.29 is 8.42 Å². The molecule has 0 radical (unpaired) electrons. The molecule has 0 spiro atoms. The monoisotopic (exact) mass is 353 g/mol. The molecule has 0 heterocycles. The van der Waals surface area contributed by atoms with Crippen LogP contribution in [-0.4, -0.2) is 39.5 Å². The van der Waals surface area contributed by atoms with E-state index in [0.717, 1.165) is 19.5 Å². The molecular weight excluding hydrogens is 333 g/mol. The Balaban J connectivity index is 2.79. The van der Waals surface area contributed by atoms with Crippen LogP contribution in [0.4, 0.5) is 5.69 Å². The number of benzene rings is 1. The van der Waals surface area contributed by atoms with E-state index in [-0.39, 0.29) is 15.6 Å². The van der Waals surface area contributed by atoms with Gasteiger partial charge in [0.25, 0.3) is 0 Å². The number of nitrogen functional groups attached to an aromatic ring is 1. The molecule has 0 fully saturated rings. The first-order valence-corrected chi connectivity index (χ1v) is 9.02. The van der Waals surface area contributed by atoms with Gasteiger partial charge in [0.2, 0.25) is 10.0 Å². The Morgan fingerprint density at radius 3 is 2.43 bits per heavy atom. The van der Waals surface area contributed by atoms with Crippen molar-refractivity contribution in [1.29, 1.82) is 0 Å². The average molecular weight is 354 g/mol. The van der Waals surface area contributed by atoms with Crippen molar-refractivity contribution in [3.05, 3.63) is 22.2 Å². The van der Waals surface area contributed by atoms with Crippen molar-refractivity contribution in [2.24, 2.45) is 0 Å². The van der Waals surface area contributed by atoms with E-state index in [1.165, 1.54) is 12.1 Å². The van der Waals surface area contributed by atoms with E-state index >= 15 is 0 Å². The number of anilines is 1. The molecule has 0 aliphatic carbocycles. The number of nitrogens with one attached hydrogen (secondary N) is 1. The predicted molar refractivity (Wildman–Crippen MR) is 88.5 cm³/mol. The Hall–Kier alpha value is -0.530. The van der Waals surface area contributed by atoms with Gasteiger partial charge in [0, 0.05) is 18.1 Å². The molecule has 21 heavy (non-hydrogen) atoms. The first-order chi connectivity index (χ1) is 9.81. The highest BCUT2D eigenvalue weighted by molar-refractivity contribution is 7.89. The number of likely N-dealkylation sites (N-methyl/N-ethyl adjacent to an activating group) is 1. The standard InChI is InChI=1S/C13H21Cl2N3O2S/c1-3-6-18(4-2)7-5-17-21(19,20)13-11(15)8-10(14)9-12(13)16/h8-9,17H,3-7,16H2,1-2H3. The lowest BCUT2D eigenvalue weighted by molar-refractivity contribution is 0.293. The van der Waals surface area contributed by atoms with Crippen molar-refractivity contribution >= 4 is 38.9 Å². The maximum absolute atomic E-state index is 12.3. The lowest BCUT2D eigenvalue weighted by Crippen LogP contribution is -2.35. The number of nitrogens with two attached hydrogens (primary N) is 1. The summed E-state index contributed by atoms with van der Waals surface area (Å²) in [5, 5.41) is 0.324. The van der Waals surface area contributed by atoms with Crippen LogP contribution in [0.3, 0.4) is 0 Å². The molecule has 1 aromatic rings. The zero-order valence-electron chi connectivity index (χ0n) is 12.2. The van der Waals surface area contributed by atoms with Crippen LogP contribution in [0.1, 0.15) is 20.3 Å². The van der Waals surface area contributed by atoms with E-state index in [1.807, 2.05) is 6.92 Å². The van der Waals surface area contributed by atoms with Crippen LogP contribution in [0.15, 0.2) is 17.0 Å². The molecule has 0 amide bonds. The molecule has 0 saturated heterocycles. The molecule has 0 aliphatic rings. The van der Waals surface area contributed by atoms with Crippen LogP contribution < -0.4 is 10.5 Å². The molecule has 1 aromatic carbocycles. The Bertz CT molecular complexity index is 556. The van der Waals surface area contributed by atoms with Crippen molar-refractivity contribution in [1.82, 2.24) is 9.62 Å². The molecule has 5 nitrogen and oxygen atoms in total. The molecule has 0 unspecified atom stereocenters. The Labute approximate surface area is 136 Å². The van der Waals surface area contributed by atoms with Gasteiger partial charge in [0.15, 0.2) is 0 Å². The lowest BCUT2D eigenvalue weighted by atomic mass is 10.3. The molecule has 120 valence electrons. The van der Waals surface area contributed by atoms with E-state index in [0.29, 0.717) is 18.1 Å². The fourth-order valence-electron chi connectivity index (χ4n) is 2.02. The minimum Gasteiger partial charge on any atom is -0.398 e. The molecule has 8 heteroatoms. The zero-order valence-corrected chi connectivity index (χ0v) is 14.5. The second kappa shape index (κ2) is 8.19. The van der Waals surface area contributed by atoms with Gasteiger partial charge < -0.3 is 10.6 Å². The van der Waals surface area contributed by atoms with Gasteiger partial charge >= 0.3 is 0 Å². The van der Waals surface area contributed by atoms with E-state index in [9.17, 15) is 8.42 Å². The van der Waals surface area contributed by atoms with Crippen LogP contribution in [0, 0.1) is 0 Å². The maximum Gasteiger partial charge on any atom is 0.244 e. The first kappa shape index (κ1) is 18.5. The van der Waals surface area contributed by atoms with Gasteiger partial charge in [0.1, 0.15) is 4.90 Å². The van der Waals surface area contributed by atoms with Crippen molar-refractivity contribution in [2.75, 3.05) is 31.9 Å². The van der Waals surface area contributed by atoms with Gasteiger partial charge in [-0.05, 0) is 31.6 Å². The summed E-state index contributed by atoms with van der Waals surface area (Å²) in [5.74, 6) is 0. The smallest absolute Gasteiger partial charge is 0.244 e. The highest BCUT2D eigenvalue weighted by atomic mass is 35.5. The maximum atomic E-state index is 12.3. The number of sulfonamides is 1. The van der Waals surface area contributed by atoms with E-state index in [2.05, 4.69) is 16.5 Å². The molecule has 0 aliphatic heterocycles. The quantitative estimate of drug-likeness (QED) is 0.704. The molecule has 0 aromatic heterocycles. The summed E-state index contributed by atoms with van der Waals surface area (Å²) in [5.41, 5.74) is 5.76. The van der Waals surface area contributed by atoms with Crippen molar-refractivity contribution in [3.63, 3.8) is 0 Å². The number of rotatable bonds is 8. The number of halogens is 2. The highest BCUT2D eigenvalue weighted by Crippen LogP contribution is 2.30. The summed E-state index contributed by atoms with van der Waals surface area (Å²) in [6.07, 6.45) is 1.02. The zero-order chi connectivity index (χ0) is 16.0. The average Bonchev–Trinajstić information content (AvgIpc) is 2.35. The summed E-state index contributed by atoms with van der Waals surface area (Å²) >= 11 is 11.7. The van der Waals surface area contributed by atoms with Gasteiger partial charge in [-0.3, -0.25) is 0 Å². The van der Waals surface area contributed by atoms with Gasteiger partial charge in [0.05, 0.1) is 10.7 Å². The molecule has 3 N–H and O–H groups in total. The van der Waals surface area contributed by atoms with E-state index < -0.39 is 10.0 Å². The fraction of sp³-hybridized carbons (Fsp3) is 0.538. The number of hydrogen-bond donors (Lipinski definition) is 2. The Morgan fingerprint density at radius 2 is 1.90 bits per heavy atom. The molecule has 0 bridgehead atoms. The minimum atomic E-state index is -3.75. The van der Waals surface area contributed by atoms with E-state index in [1.54, 1.807) is 0 Å². The van der Waals surface area contributed by atoms with Crippen LogP contribution in [0.5, 0.6) is 0 Å². The van der Waals surface area contributed by atoms with Crippen LogP contribution >= 0.6 is 23.2 Å². The third-order valence-corrected chi connectivity index (χ3v) is 5.22. The van der Waals surface area contributed by atoms with Gasteiger partial charge in [-0.1, -0.05) is 37.0 Å². The summed E-state index contributed by atoms with van der Waals surface area (Å²) in [6.45, 7) is 6.87. The van der Waals surface area contributed by atoms with Crippen molar-refractivity contribution in [3.8, 4) is 0 Å². The third-order valence-electron chi connectivity index (χ3n) is 3.01. The summed E-state index contributed by atoms with van der Waals surface area (Å²) in [7, 11) is -3.75. The van der Waals surface area contributed by atoms with Gasteiger partial charge in [-0.15, -0.1) is 0 Å². The third kappa shape index (κ3) is 5.30. The highest BCUT2D eigenvalue weighted by Gasteiger charge is 2.21. The second-order valence-electron chi connectivity index (χ2n) is 4.64. The Kier molecular flexibility index (Phi) is 7.23. The molecule has 0 atom stereocenters. The summed E-state index contributed by atoms with van der Waals surface area (Å²) in [6, 6.07) is 2.74. The fourth-order valence-corrected chi connectivity index (χ4v) is 4.02. The van der Waals surface area contributed by atoms with Crippen LogP contribution in [0.2, 0.25) is 10.0 Å². The van der Waals surface area contributed by atoms with E-state index in [4.69, 9.17) is 28.9 Å². The molecule has 1 rings (SSSR count). The first-order valence-electron chi connectivity index (χ1n) is 6.78. The van der Waals surface area contributed by atoms with Crippen LogP contribution in [-0.2, 0) is 10.0 Å². The number of hydrogen-bond acceptors (Lipinski definition) is 4.